The Bertz CT molecular complexity index is 336. The summed E-state index contributed by atoms with van der Waals surface area (Å²) in [6.07, 6.45) is 5.29. The first-order valence-corrected chi connectivity index (χ1v) is 5.64. The molecule has 0 spiro atoms. The molecule has 0 bridgehead atoms. The van der Waals surface area contributed by atoms with Crippen molar-refractivity contribution in [2.75, 3.05) is 18.5 Å². The summed E-state index contributed by atoms with van der Waals surface area (Å²) in [5.41, 5.74) is 4.19. The largest absolute Gasteiger partial charge is 0.303 e. The number of piperidine rings is 1. The average Bonchev–Trinajstić information content (AvgIpc) is 2.26. The van der Waals surface area contributed by atoms with Gasteiger partial charge >= 0.3 is 0 Å². The van der Waals surface area contributed by atoms with E-state index in [-0.39, 0.29) is 0 Å². The van der Waals surface area contributed by atoms with Crippen LogP contribution in [0.15, 0.2) is 6.33 Å². The van der Waals surface area contributed by atoms with E-state index < -0.39 is 0 Å². The molecule has 0 atom stereocenters. The van der Waals surface area contributed by atoms with Gasteiger partial charge in [-0.2, -0.15) is 0 Å². The molecule has 5 heteroatoms. The van der Waals surface area contributed by atoms with Crippen LogP contribution in [0.3, 0.4) is 0 Å². The molecular weight excluding hydrogens is 212 g/mol. The van der Waals surface area contributed by atoms with Crippen LogP contribution in [0.5, 0.6) is 0 Å². The third-order valence-corrected chi connectivity index (χ3v) is 3.02. The Hall–Kier alpha value is -0.870. The average molecular weight is 227 g/mol. The van der Waals surface area contributed by atoms with E-state index in [4.69, 9.17) is 11.6 Å². The summed E-state index contributed by atoms with van der Waals surface area (Å²) in [5, 5.41) is 2.71. The minimum absolute atomic E-state index is 0.518. The highest BCUT2D eigenvalue weighted by Crippen LogP contribution is 2.19. The lowest BCUT2D eigenvalue weighted by Gasteiger charge is -2.27. The molecule has 0 amide bonds. The maximum absolute atomic E-state index is 5.92. The molecule has 0 radical (unpaired) electrons. The molecule has 82 valence electrons. The number of hydrazine groups is 1. The van der Waals surface area contributed by atoms with Gasteiger partial charge in [0.25, 0.3) is 0 Å². The van der Waals surface area contributed by atoms with Gasteiger partial charge in [-0.1, -0.05) is 18.0 Å². The Morgan fingerprint density at radius 1 is 1.27 bits per heavy atom. The number of aromatic nitrogens is 2. The lowest BCUT2D eigenvalue weighted by atomic mass is 10.2. The number of halogens is 1. The highest BCUT2D eigenvalue weighted by molar-refractivity contribution is 6.30. The highest BCUT2D eigenvalue weighted by atomic mass is 35.5. The Morgan fingerprint density at radius 3 is 2.73 bits per heavy atom. The van der Waals surface area contributed by atoms with Crippen LogP contribution in [-0.4, -0.2) is 28.1 Å². The molecule has 1 aliphatic heterocycles. The number of hydrogen-bond donors (Lipinski definition) is 1. The maximum Gasteiger partial charge on any atom is 0.148 e. The lowest BCUT2D eigenvalue weighted by molar-refractivity contribution is 0.272. The zero-order chi connectivity index (χ0) is 10.7. The van der Waals surface area contributed by atoms with E-state index in [2.05, 4.69) is 20.4 Å². The van der Waals surface area contributed by atoms with Crippen molar-refractivity contribution in [3.63, 3.8) is 0 Å². The van der Waals surface area contributed by atoms with Gasteiger partial charge in [0.2, 0.25) is 0 Å². The number of hydrogen-bond acceptors (Lipinski definition) is 4. The van der Waals surface area contributed by atoms with Gasteiger partial charge in [0.05, 0.1) is 0 Å². The van der Waals surface area contributed by atoms with E-state index in [0.717, 1.165) is 24.5 Å². The van der Waals surface area contributed by atoms with Crippen LogP contribution in [0.1, 0.15) is 24.8 Å². The van der Waals surface area contributed by atoms with Gasteiger partial charge < -0.3 is 5.43 Å². The van der Waals surface area contributed by atoms with Gasteiger partial charge in [0.15, 0.2) is 0 Å². The minimum atomic E-state index is 0.518. The molecule has 0 aromatic carbocycles. The van der Waals surface area contributed by atoms with Crippen molar-refractivity contribution in [1.82, 2.24) is 15.0 Å². The van der Waals surface area contributed by atoms with Gasteiger partial charge in [-0.25, -0.2) is 15.0 Å². The third kappa shape index (κ3) is 2.58. The van der Waals surface area contributed by atoms with E-state index in [1.54, 1.807) is 0 Å². The van der Waals surface area contributed by atoms with Gasteiger partial charge in [0, 0.05) is 18.7 Å². The minimum Gasteiger partial charge on any atom is -0.303 e. The first-order chi connectivity index (χ1) is 7.27. The fourth-order valence-corrected chi connectivity index (χ4v) is 1.83. The first-order valence-electron chi connectivity index (χ1n) is 5.26. The van der Waals surface area contributed by atoms with Crippen molar-refractivity contribution in [2.45, 2.75) is 26.2 Å². The summed E-state index contributed by atoms with van der Waals surface area (Å²) >= 11 is 5.92. The van der Waals surface area contributed by atoms with Gasteiger partial charge in [-0.15, -0.1) is 0 Å². The predicted molar refractivity (Wildman–Crippen MR) is 60.8 cm³/mol. The molecule has 4 nitrogen and oxygen atoms in total. The zero-order valence-corrected chi connectivity index (χ0v) is 9.59. The van der Waals surface area contributed by atoms with Crippen LogP contribution in [-0.2, 0) is 0 Å². The molecule has 1 fully saturated rings. The van der Waals surface area contributed by atoms with Crippen molar-refractivity contribution in [3.05, 3.63) is 17.0 Å². The molecule has 1 saturated heterocycles. The first kappa shape index (κ1) is 10.6. The fraction of sp³-hybridized carbons (Fsp3) is 0.600. The van der Waals surface area contributed by atoms with Crippen LogP contribution in [0, 0.1) is 6.92 Å². The van der Waals surface area contributed by atoms with Gasteiger partial charge in [-0.05, 0) is 19.8 Å². The Balaban J connectivity index is 2.06. The highest BCUT2D eigenvalue weighted by Gasteiger charge is 2.12. The standard InChI is InChI=1S/C10H15ClN4/c1-8-9(11)12-7-13-10(8)14-15-5-3-2-4-6-15/h7H,2-6H2,1H3,(H,12,13,14). The van der Waals surface area contributed by atoms with Crippen molar-refractivity contribution in [2.24, 2.45) is 0 Å². The smallest absolute Gasteiger partial charge is 0.148 e. The van der Waals surface area contributed by atoms with Crippen LogP contribution in [0.2, 0.25) is 5.15 Å². The van der Waals surface area contributed by atoms with Crippen molar-refractivity contribution in [3.8, 4) is 0 Å². The summed E-state index contributed by atoms with van der Waals surface area (Å²) in [7, 11) is 0. The Kier molecular flexibility index (Phi) is 3.38. The van der Waals surface area contributed by atoms with Crippen LogP contribution >= 0.6 is 11.6 Å². The third-order valence-electron chi connectivity index (χ3n) is 2.64. The maximum atomic E-state index is 5.92. The SMILES string of the molecule is Cc1c(Cl)ncnc1NN1CCCCC1. The second kappa shape index (κ2) is 4.77. The number of nitrogens with zero attached hydrogens (tertiary/aromatic N) is 3. The molecule has 2 rings (SSSR count). The lowest BCUT2D eigenvalue weighted by Crippen LogP contribution is -2.35. The van der Waals surface area contributed by atoms with Gasteiger partial charge in [-0.3, -0.25) is 0 Å². The topological polar surface area (TPSA) is 41.1 Å². The normalized spacial score (nSPS) is 17.7. The summed E-state index contributed by atoms with van der Waals surface area (Å²) in [4.78, 5) is 8.11. The molecule has 0 unspecified atom stereocenters. The predicted octanol–water partition coefficient (Wildman–Crippen LogP) is 2.25. The zero-order valence-electron chi connectivity index (χ0n) is 8.83. The van der Waals surface area contributed by atoms with Crippen molar-refractivity contribution in [1.29, 1.82) is 0 Å². The molecule has 1 aromatic heterocycles. The molecule has 2 heterocycles. The number of nitrogens with one attached hydrogen (secondary N) is 1. The summed E-state index contributed by atoms with van der Waals surface area (Å²) in [6.45, 7) is 4.07. The van der Waals surface area contributed by atoms with Crippen LogP contribution < -0.4 is 5.43 Å². The summed E-state index contributed by atoms with van der Waals surface area (Å²) in [5.74, 6) is 0.817. The number of anilines is 1. The molecule has 0 saturated carbocycles. The molecule has 1 N–H and O–H groups in total. The second-order valence-electron chi connectivity index (χ2n) is 3.80. The molecule has 0 aliphatic carbocycles. The number of rotatable bonds is 2. The Labute approximate surface area is 94.6 Å². The fourth-order valence-electron chi connectivity index (χ4n) is 1.70. The van der Waals surface area contributed by atoms with E-state index in [1.165, 1.54) is 25.6 Å². The van der Waals surface area contributed by atoms with E-state index in [0.29, 0.717) is 5.15 Å². The second-order valence-corrected chi connectivity index (χ2v) is 4.16. The van der Waals surface area contributed by atoms with E-state index in [9.17, 15) is 0 Å². The summed E-state index contributed by atoms with van der Waals surface area (Å²) < 4.78 is 0. The molecule has 1 aliphatic rings. The van der Waals surface area contributed by atoms with E-state index in [1.807, 2.05) is 6.92 Å². The monoisotopic (exact) mass is 226 g/mol. The van der Waals surface area contributed by atoms with Crippen molar-refractivity contribution < 1.29 is 0 Å². The quantitative estimate of drug-likeness (QED) is 0.786. The molecule has 1 aromatic rings. The van der Waals surface area contributed by atoms with Crippen LogP contribution in [0.25, 0.3) is 0 Å². The van der Waals surface area contributed by atoms with Crippen LogP contribution in [0.4, 0.5) is 5.82 Å². The summed E-state index contributed by atoms with van der Waals surface area (Å²) in [6, 6.07) is 0. The van der Waals surface area contributed by atoms with Crippen molar-refractivity contribution >= 4 is 17.4 Å². The molecule has 15 heavy (non-hydrogen) atoms. The van der Waals surface area contributed by atoms with E-state index >= 15 is 0 Å². The molecular formula is C10H15ClN4. The van der Waals surface area contributed by atoms with Gasteiger partial charge in [0.1, 0.15) is 17.3 Å². The Morgan fingerprint density at radius 2 is 2.00 bits per heavy atom.